The van der Waals surface area contributed by atoms with E-state index in [1.165, 1.54) is 25.7 Å². The summed E-state index contributed by atoms with van der Waals surface area (Å²) < 4.78 is 12.5. The van der Waals surface area contributed by atoms with Gasteiger partial charge in [-0.05, 0) is 138 Å². The molecule has 0 radical (unpaired) electrons. The zero-order valence-corrected chi connectivity index (χ0v) is 23.7. The Labute approximate surface area is 227 Å². The molecule has 0 spiro atoms. The van der Waals surface area contributed by atoms with Crippen LogP contribution in [0.3, 0.4) is 0 Å². The molecule has 7 fully saturated rings. The minimum Gasteiger partial charge on any atom is -0.462 e. The second-order valence-electron chi connectivity index (χ2n) is 15.7. The number of aliphatic hydroxyl groups is 2. The van der Waals surface area contributed by atoms with E-state index >= 15 is 0 Å². The first-order valence-electron chi connectivity index (χ1n) is 15.8. The predicted molar refractivity (Wildman–Crippen MR) is 140 cm³/mol. The summed E-state index contributed by atoms with van der Waals surface area (Å²) in [6, 6.07) is 0. The fourth-order valence-corrected chi connectivity index (χ4v) is 11.7. The smallest absolute Gasteiger partial charge is 0.312 e. The molecule has 6 nitrogen and oxygen atoms in total. The third-order valence-electron chi connectivity index (χ3n) is 13.3. The van der Waals surface area contributed by atoms with Crippen LogP contribution in [0.1, 0.15) is 91.9 Å². The molecule has 0 saturated heterocycles. The number of carbonyl (C=O) groups excluding carboxylic acids is 2. The van der Waals surface area contributed by atoms with Crippen LogP contribution in [0.15, 0.2) is 0 Å². The van der Waals surface area contributed by atoms with Crippen molar-refractivity contribution in [1.29, 1.82) is 0 Å². The van der Waals surface area contributed by atoms with E-state index in [2.05, 4.69) is 0 Å². The van der Waals surface area contributed by atoms with Gasteiger partial charge in [0.15, 0.2) is 0 Å². The molecule has 6 heteroatoms. The summed E-state index contributed by atoms with van der Waals surface area (Å²) in [4.78, 5) is 27.2. The van der Waals surface area contributed by atoms with E-state index in [1.807, 2.05) is 27.7 Å². The van der Waals surface area contributed by atoms with Gasteiger partial charge in [0.2, 0.25) is 0 Å². The Balaban J connectivity index is 0.984. The van der Waals surface area contributed by atoms with Crippen LogP contribution >= 0.6 is 0 Å². The minimum atomic E-state index is -0.776. The van der Waals surface area contributed by atoms with E-state index in [0.29, 0.717) is 37.0 Å². The van der Waals surface area contributed by atoms with Crippen LogP contribution < -0.4 is 0 Å². The van der Waals surface area contributed by atoms with Crippen molar-refractivity contribution in [2.24, 2.45) is 70.0 Å². The van der Waals surface area contributed by atoms with Crippen LogP contribution in [0.2, 0.25) is 0 Å². The summed E-state index contributed by atoms with van der Waals surface area (Å²) in [7, 11) is 0. The molecule has 7 saturated carbocycles. The highest BCUT2D eigenvalue weighted by atomic mass is 16.6. The van der Waals surface area contributed by atoms with Gasteiger partial charge in [-0.25, -0.2) is 0 Å². The van der Waals surface area contributed by atoms with E-state index in [1.54, 1.807) is 0 Å². The maximum Gasteiger partial charge on any atom is 0.312 e. The van der Waals surface area contributed by atoms with Crippen LogP contribution in [0.5, 0.6) is 0 Å². The van der Waals surface area contributed by atoms with E-state index in [9.17, 15) is 19.8 Å². The Bertz CT molecular complexity index is 992. The van der Waals surface area contributed by atoms with E-state index in [-0.39, 0.29) is 36.0 Å². The average Bonchev–Trinajstić information content (AvgIpc) is 3.70. The molecule has 0 aromatic heterocycles. The third kappa shape index (κ3) is 3.63. The predicted octanol–water partition coefficient (Wildman–Crippen LogP) is 4.74. The molecule has 0 amide bonds. The number of hydrogen-bond acceptors (Lipinski definition) is 6. The number of rotatable bonds is 7. The first kappa shape index (κ1) is 25.8. The summed E-state index contributed by atoms with van der Waals surface area (Å²) in [5, 5.41) is 20.7. The molecule has 0 aromatic carbocycles. The van der Waals surface area contributed by atoms with Crippen LogP contribution in [0.4, 0.5) is 0 Å². The number of aliphatic hydroxyl groups excluding tert-OH is 2. The average molecular weight is 529 g/mol. The molecular formula is C32H48O6. The van der Waals surface area contributed by atoms with Gasteiger partial charge in [0, 0.05) is 5.92 Å². The van der Waals surface area contributed by atoms with Crippen molar-refractivity contribution in [3.63, 3.8) is 0 Å². The largest absolute Gasteiger partial charge is 0.462 e. The molecule has 2 N–H and O–H groups in total. The zero-order chi connectivity index (χ0) is 26.7. The van der Waals surface area contributed by atoms with Crippen molar-refractivity contribution < 1.29 is 29.3 Å². The molecule has 0 heterocycles. The Morgan fingerprint density at radius 1 is 0.711 bits per heavy atom. The first-order chi connectivity index (χ1) is 18.0. The maximum atomic E-state index is 13.6. The number of hydrogen-bond donors (Lipinski definition) is 2. The molecule has 0 aliphatic heterocycles. The van der Waals surface area contributed by atoms with Gasteiger partial charge in [-0.1, -0.05) is 6.92 Å². The third-order valence-corrected chi connectivity index (χ3v) is 13.3. The molecule has 15 unspecified atom stereocenters. The molecule has 7 rings (SSSR count). The fourth-order valence-electron chi connectivity index (χ4n) is 11.7. The Morgan fingerprint density at radius 2 is 1.32 bits per heavy atom. The van der Waals surface area contributed by atoms with E-state index in [4.69, 9.17) is 9.47 Å². The van der Waals surface area contributed by atoms with Gasteiger partial charge in [0.05, 0.1) is 23.0 Å². The van der Waals surface area contributed by atoms with E-state index < -0.39 is 23.0 Å². The second-order valence-corrected chi connectivity index (χ2v) is 15.7. The highest BCUT2D eigenvalue weighted by molar-refractivity contribution is 5.80. The number of esters is 2. The molecule has 0 aromatic rings. The maximum absolute atomic E-state index is 13.6. The Hall–Kier alpha value is -1.14. The van der Waals surface area contributed by atoms with Gasteiger partial charge < -0.3 is 19.7 Å². The first-order valence-corrected chi connectivity index (χ1v) is 15.8. The topological polar surface area (TPSA) is 93.1 Å². The number of fused-ring (bicyclic) bond motifs is 14. The van der Waals surface area contributed by atoms with Gasteiger partial charge in [-0.15, -0.1) is 0 Å². The molecule has 212 valence electrons. The normalized spacial score (nSPS) is 51.2. The van der Waals surface area contributed by atoms with Crippen molar-refractivity contribution in [3.05, 3.63) is 0 Å². The van der Waals surface area contributed by atoms with Crippen LogP contribution in [-0.4, -0.2) is 46.6 Å². The molecule has 6 bridgehead atoms. The molecular weight excluding hydrogens is 480 g/mol. The summed E-state index contributed by atoms with van der Waals surface area (Å²) in [6.07, 6.45) is 8.47. The highest BCUT2D eigenvalue weighted by Gasteiger charge is 2.64. The van der Waals surface area contributed by atoms with E-state index in [0.717, 1.165) is 48.9 Å². The minimum absolute atomic E-state index is 0.0391. The zero-order valence-electron chi connectivity index (χ0n) is 23.7. The lowest BCUT2D eigenvalue weighted by Crippen LogP contribution is -2.44. The second kappa shape index (κ2) is 8.68. The standard InChI is InChI=1S/C32H48O6/c1-5-32(4,30(36)38-23-11-17-9-21(23)27-19(17)13-22(33)28(27)34)14-31(2,3)29(35)37-24-12-18-10-20(24)26-16-7-6-15(8-16)25(18)26/h15-28,33-34H,5-14H2,1-4H3. The van der Waals surface area contributed by atoms with Gasteiger partial charge in [0.1, 0.15) is 12.2 Å². The quantitative estimate of drug-likeness (QED) is 0.366. The summed E-state index contributed by atoms with van der Waals surface area (Å²) in [5.74, 6) is 5.34. The van der Waals surface area contributed by atoms with Crippen molar-refractivity contribution >= 4 is 11.9 Å². The van der Waals surface area contributed by atoms with Crippen LogP contribution in [-0.2, 0) is 19.1 Å². The van der Waals surface area contributed by atoms with Gasteiger partial charge >= 0.3 is 11.9 Å². The lowest BCUT2D eigenvalue weighted by Gasteiger charge is -2.40. The SMILES string of the molecule is CCC(C)(CC(C)(C)C(=O)OC1CC2CC1C1C3CCC(C3)C21)C(=O)OC1CC2CC1C1C(O)C(O)CC21. The molecule has 7 aliphatic carbocycles. The fraction of sp³-hybridized carbons (Fsp3) is 0.938. The number of ether oxygens (including phenoxy) is 2. The van der Waals surface area contributed by atoms with Gasteiger partial charge in [-0.2, -0.15) is 0 Å². The van der Waals surface area contributed by atoms with Crippen molar-refractivity contribution in [3.8, 4) is 0 Å². The summed E-state index contributed by atoms with van der Waals surface area (Å²) >= 11 is 0. The van der Waals surface area contributed by atoms with Gasteiger partial charge in [0.25, 0.3) is 0 Å². The Morgan fingerprint density at radius 3 is 2.03 bits per heavy atom. The molecule has 38 heavy (non-hydrogen) atoms. The van der Waals surface area contributed by atoms with Crippen molar-refractivity contribution in [2.45, 2.75) is 116 Å². The van der Waals surface area contributed by atoms with Crippen LogP contribution in [0.25, 0.3) is 0 Å². The van der Waals surface area contributed by atoms with Crippen molar-refractivity contribution in [1.82, 2.24) is 0 Å². The lowest BCUT2D eigenvalue weighted by molar-refractivity contribution is -0.174. The summed E-state index contributed by atoms with van der Waals surface area (Å²) in [5.41, 5.74) is -1.55. The highest BCUT2D eigenvalue weighted by Crippen LogP contribution is 2.68. The summed E-state index contributed by atoms with van der Waals surface area (Å²) in [6.45, 7) is 7.80. The lowest BCUT2D eigenvalue weighted by atomic mass is 9.70. The van der Waals surface area contributed by atoms with Gasteiger partial charge in [-0.3, -0.25) is 9.59 Å². The Kier molecular flexibility index (Phi) is 5.89. The van der Waals surface area contributed by atoms with Crippen molar-refractivity contribution in [2.75, 3.05) is 0 Å². The van der Waals surface area contributed by atoms with Crippen LogP contribution in [0, 0.1) is 70.0 Å². The monoisotopic (exact) mass is 528 g/mol. The molecule has 7 aliphatic rings. The molecule has 15 atom stereocenters. The number of carbonyl (C=O) groups is 2.